The number of carbonyl (C=O) groups excluding carboxylic acids is 1. The first kappa shape index (κ1) is 29.4. The van der Waals surface area contributed by atoms with Gasteiger partial charge in [-0.05, 0) is 66.1 Å². The maximum Gasteiger partial charge on any atom is 0.251 e. The molecule has 0 aliphatic carbocycles. The summed E-state index contributed by atoms with van der Waals surface area (Å²) in [5.74, 6) is 0.302. The van der Waals surface area contributed by atoms with E-state index in [0.717, 1.165) is 11.1 Å². The van der Waals surface area contributed by atoms with Crippen LogP contribution < -0.4 is 5.32 Å². The molecule has 5 aromatic rings. The van der Waals surface area contributed by atoms with Crippen molar-refractivity contribution in [2.75, 3.05) is 0 Å². The van der Waals surface area contributed by atoms with Crippen molar-refractivity contribution in [2.24, 2.45) is 0 Å². The molecule has 1 amide bonds. The van der Waals surface area contributed by atoms with Gasteiger partial charge in [-0.15, -0.1) is 10.2 Å². The van der Waals surface area contributed by atoms with Crippen molar-refractivity contribution >= 4 is 64.1 Å². The van der Waals surface area contributed by atoms with Crippen LogP contribution >= 0.6 is 58.2 Å². The lowest BCUT2D eigenvalue weighted by Gasteiger charge is -2.21. The number of benzene rings is 4. The van der Waals surface area contributed by atoms with Crippen LogP contribution in [-0.2, 0) is 12.2 Å². The van der Waals surface area contributed by atoms with Crippen molar-refractivity contribution in [1.29, 1.82) is 0 Å². The van der Waals surface area contributed by atoms with Crippen molar-refractivity contribution in [3.63, 3.8) is 0 Å². The molecule has 11 heteroatoms. The van der Waals surface area contributed by atoms with E-state index < -0.39 is 6.04 Å². The molecule has 0 saturated heterocycles. The van der Waals surface area contributed by atoms with Gasteiger partial charge in [-0.1, -0.05) is 101 Å². The van der Waals surface area contributed by atoms with E-state index in [1.807, 2.05) is 34.9 Å². The summed E-state index contributed by atoms with van der Waals surface area (Å²) in [5, 5.41) is 14.1. The Morgan fingerprint density at radius 1 is 0.829 bits per heavy atom. The normalized spacial score (nSPS) is 11.8. The van der Waals surface area contributed by atoms with E-state index in [2.05, 4.69) is 15.5 Å². The van der Waals surface area contributed by atoms with Crippen LogP contribution in [0.25, 0.3) is 5.69 Å². The fraction of sp³-hybridized carbons (Fsp3) is 0.100. The topological polar surface area (TPSA) is 59.8 Å². The van der Waals surface area contributed by atoms with Gasteiger partial charge in [0.15, 0.2) is 11.0 Å². The van der Waals surface area contributed by atoms with Gasteiger partial charge in [0.05, 0.1) is 26.8 Å². The minimum absolute atomic E-state index is 0.273. The van der Waals surface area contributed by atoms with Gasteiger partial charge in [0, 0.05) is 16.3 Å². The van der Waals surface area contributed by atoms with Gasteiger partial charge in [0.1, 0.15) is 5.82 Å². The molecule has 1 heterocycles. The summed E-state index contributed by atoms with van der Waals surface area (Å²) in [7, 11) is 0. The Labute approximate surface area is 260 Å². The van der Waals surface area contributed by atoms with E-state index in [9.17, 15) is 9.18 Å². The van der Waals surface area contributed by atoms with E-state index in [4.69, 9.17) is 46.4 Å². The Balaban J connectivity index is 1.56. The standard InChI is InChI=1S/C30H21Cl4FN4OS/c31-21-9-13-27(25(34)16-21)39-28(37-38-30(39)41-17-19-6-10-22(35)11-7-19)26(14-18-4-2-1-3-5-18)36-29(40)20-8-12-23(32)24(33)15-20/h1-13,15-16,26H,14,17H2,(H,36,40). The first-order valence-corrected chi connectivity index (χ1v) is 14.9. The number of rotatable bonds is 9. The fourth-order valence-corrected chi connectivity index (χ4v) is 5.85. The quantitative estimate of drug-likeness (QED) is 0.163. The van der Waals surface area contributed by atoms with Gasteiger partial charge in [0.2, 0.25) is 0 Å². The highest BCUT2D eigenvalue weighted by atomic mass is 35.5. The number of nitrogens with zero attached hydrogens (tertiary/aromatic N) is 3. The number of thioether (sulfide) groups is 1. The van der Waals surface area contributed by atoms with Crippen molar-refractivity contribution in [1.82, 2.24) is 20.1 Å². The molecule has 1 aromatic heterocycles. The molecule has 5 nitrogen and oxygen atoms in total. The number of nitrogens with one attached hydrogen (secondary N) is 1. The van der Waals surface area contributed by atoms with Crippen molar-refractivity contribution in [3.05, 3.63) is 139 Å². The molecule has 0 bridgehead atoms. The second-order valence-electron chi connectivity index (χ2n) is 9.03. The molecule has 1 N–H and O–H groups in total. The van der Waals surface area contributed by atoms with Gasteiger partial charge < -0.3 is 5.32 Å². The van der Waals surface area contributed by atoms with Crippen LogP contribution in [0.1, 0.15) is 33.4 Å². The lowest BCUT2D eigenvalue weighted by Crippen LogP contribution is -2.32. The maximum atomic E-state index is 13.4. The first-order valence-electron chi connectivity index (χ1n) is 12.4. The molecule has 0 spiro atoms. The van der Waals surface area contributed by atoms with Gasteiger partial charge in [-0.2, -0.15) is 0 Å². The van der Waals surface area contributed by atoms with Crippen LogP contribution in [0.15, 0.2) is 96.2 Å². The molecule has 4 aromatic carbocycles. The molecule has 0 aliphatic heterocycles. The zero-order chi connectivity index (χ0) is 28.9. The van der Waals surface area contributed by atoms with E-state index in [1.165, 1.54) is 30.0 Å². The van der Waals surface area contributed by atoms with Crippen LogP contribution in [0.4, 0.5) is 4.39 Å². The average molecular weight is 646 g/mol. The highest BCUT2D eigenvalue weighted by Gasteiger charge is 2.26. The molecule has 0 radical (unpaired) electrons. The molecule has 0 fully saturated rings. The summed E-state index contributed by atoms with van der Waals surface area (Å²) in [5.41, 5.74) is 2.83. The van der Waals surface area contributed by atoms with Crippen LogP contribution in [0, 0.1) is 5.82 Å². The third-order valence-corrected chi connectivity index (χ3v) is 8.45. The van der Waals surface area contributed by atoms with Gasteiger partial charge >= 0.3 is 0 Å². The minimum atomic E-state index is -0.612. The Hall–Kier alpha value is -3.07. The second-order valence-corrected chi connectivity index (χ2v) is 11.6. The van der Waals surface area contributed by atoms with E-state index in [0.29, 0.717) is 49.5 Å². The zero-order valence-corrected chi connectivity index (χ0v) is 25.0. The number of carbonyl (C=O) groups is 1. The number of hydrogen-bond acceptors (Lipinski definition) is 4. The number of amides is 1. The summed E-state index contributed by atoms with van der Waals surface area (Å²) in [6.07, 6.45) is 0.417. The Morgan fingerprint density at radius 2 is 1.59 bits per heavy atom. The van der Waals surface area contributed by atoms with Crippen LogP contribution in [0.5, 0.6) is 0 Å². The van der Waals surface area contributed by atoms with Gasteiger partial charge in [0.25, 0.3) is 5.91 Å². The summed E-state index contributed by atoms with van der Waals surface area (Å²) in [4.78, 5) is 13.4. The SMILES string of the molecule is O=C(NC(Cc1ccccc1)c1nnc(SCc2ccc(F)cc2)n1-c1ccc(Cl)cc1Cl)c1ccc(Cl)c(Cl)c1. The third kappa shape index (κ3) is 7.23. The van der Waals surface area contributed by atoms with Crippen LogP contribution in [0.3, 0.4) is 0 Å². The molecule has 1 unspecified atom stereocenters. The Kier molecular flexibility index (Phi) is 9.53. The Bertz CT molecular complexity index is 1680. The fourth-order valence-electron chi connectivity index (χ4n) is 4.15. The third-order valence-electron chi connectivity index (χ3n) is 6.17. The summed E-state index contributed by atoms with van der Waals surface area (Å²) >= 11 is 26.5. The molecule has 0 aliphatic rings. The molecular weight excluding hydrogens is 625 g/mol. The second kappa shape index (κ2) is 13.3. The molecule has 41 heavy (non-hydrogen) atoms. The molecular formula is C30H21Cl4FN4OS. The smallest absolute Gasteiger partial charge is 0.251 e. The van der Waals surface area contributed by atoms with Crippen molar-refractivity contribution in [2.45, 2.75) is 23.4 Å². The van der Waals surface area contributed by atoms with Crippen LogP contribution in [-0.4, -0.2) is 20.7 Å². The predicted octanol–water partition coefficient (Wildman–Crippen LogP) is 9.03. The Morgan fingerprint density at radius 3 is 2.29 bits per heavy atom. The lowest BCUT2D eigenvalue weighted by atomic mass is 10.0. The highest BCUT2D eigenvalue weighted by Crippen LogP contribution is 2.33. The lowest BCUT2D eigenvalue weighted by molar-refractivity contribution is 0.0934. The average Bonchev–Trinajstić information content (AvgIpc) is 3.38. The number of halogens is 5. The van der Waals surface area contributed by atoms with E-state index in [1.54, 1.807) is 42.5 Å². The monoisotopic (exact) mass is 644 g/mol. The molecule has 0 saturated carbocycles. The number of aromatic nitrogens is 3. The van der Waals surface area contributed by atoms with Gasteiger partial charge in [-0.25, -0.2) is 4.39 Å². The van der Waals surface area contributed by atoms with Crippen LogP contribution in [0.2, 0.25) is 20.1 Å². The highest BCUT2D eigenvalue weighted by molar-refractivity contribution is 7.98. The van der Waals surface area contributed by atoms with E-state index >= 15 is 0 Å². The molecule has 1 atom stereocenters. The largest absolute Gasteiger partial charge is 0.342 e. The molecule has 208 valence electrons. The minimum Gasteiger partial charge on any atom is -0.342 e. The van der Waals surface area contributed by atoms with Crippen molar-refractivity contribution in [3.8, 4) is 5.69 Å². The number of hydrogen-bond donors (Lipinski definition) is 1. The maximum absolute atomic E-state index is 13.4. The van der Waals surface area contributed by atoms with E-state index in [-0.39, 0.29) is 16.7 Å². The molecule has 5 rings (SSSR count). The first-order chi connectivity index (χ1) is 19.8. The van der Waals surface area contributed by atoms with Gasteiger partial charge in [-0.3, -0.25) is 9.36 Å². The summed E-state index contributed by atoms with van der Waals surface area (Å²) in [6.45, 7) is 0. The predicted molar refractivity (Wildman–Crippen MR) is 164 cm³/mol. The summed E-state index contributed by atoms with van der Waals surface area (Å²) < 4.78 is 15.3. The van der Waals surface area contributed by atoms with Crippen molar-refractivity contribution < 1.29 is 9.18 Å². The zero-order valence-electron chi connectivity index (χ0n) is 21.2. The summed E-state index contributed by atoms with van der Waals surface area (Å²) in [6, 6.07) is 25.2.